The monoisotopic (exact) mass is 250 g/mol. The molecule has 0 unspecified atom stereocenters. The Hall–Kier alpha value is -1.32. The lowest BCUT2D eigenvalue weighted by Crippen LogP contribution is -2.23. The number of nitrogens with one attached hydrogen (secondary N) is 1. The zero-order valence-electron chi connectivity index (χ0n) is 12.2. The van der Waals surface area contributed by atoms with Crippen LogP contribution in [0.3, 0.4) is 0 Å². The molecule has 0 aromatic carbocycles. The second-order valence-corrected chi connectivity index (χ2v) is 4.46. The Labute approximate surface area is 111 Å². The molecule has 0 saturated carbocycles. The molecule has 4 nitrogen and oxygen atoms in total. The largest absolute Gasteiger partial charge is 0.370 e. The molecule has 0 fully saturated rings. The van der Waals surface area contributed by atoms with Crippen LogP contribution in [0.1, 0.15) is 45.9 Å². The number of rotatable bonds is 8. The molecule has 1 N–H and O–H groups in total. The Bertz CT molecular complexity index is 348. The van der Waals surface area contributed by atoms with Crippen molar-refractivity contribution in [2.75, 3.05) is 29.9 Å². The van der Waals surface area contributed by atoms with Crippen molar-refractivity contribution in [2.24, 2.45) is 0 Å². The minimum absolute atomic E-state index is 0.831. The van der Waals surface area contributed by atoms with E-state index < -0.39 is 0 Å². The zero-order valence-corrected chi connectivity index (χ0v) is 12.2. The average molecular weight is 250 g/mol. The lowest BCUT2D eigenvalue weighted by atomic mass is 10.2. The Morgan fingerprint density at radius 1 is 1.11 bits per heavy atom. The fraction of sp³-hybridized carbons (Fsp3) is 0.714. The normalized spacial score (nSPS) is 10.4. The van der Waals surface area contributed by atoms with Crippen LogP contribution < -0.4 is 10.2 Å². The van der Waals surface area contributed by atoms with E-state index in [0.29, 0.717) is 0 Å². The molecule has 102 valence electrons. The highest BCUT2D eigenvalue weighted by atomic mass is 15.2. The number of aromatic nitrogens is 2. The number of anilines is 2. The molecule has 0 aliphatic carbocycles. The summed E-state index contributed by atoms with van der Waals surface area (Å²) in [7, 11) is 0. The minimum Gasteiger partial charge on any atom is -0.370 e. The molecule has 0 radical (unpaired) electrons. The van der Waals surface area contributed by atoms with Gasteiger partial charge in [-0.3, -0.25) is 0 Å². The summed E-state index contributed by atoms with van der Waals surface area (Å²) in [6, 6.07) is 2.05. The molecule has 4 heteroatoms. The van der Waals surface area contributed by atoms with Gasteiger partial charge < -0.3 is 10.2 Å². The zero-order chi connectivity index (χ0) is 13.4. The van der Waals surface area contributed by atoms with E-state index in [0.717, 1.165) is 37.1 Å². The van der Waals surface area contributed by atoms with Gasteiger partial charge in [-0.2, -0.15) is 0 Å². The fourth-order valence-electron chi connectivity index (χ4n) is 1.94. The van der Waals surface area contributed by atoms with Crippen LogP contribution >= 0.6 is 0 Å². The molecule has 0 bridgehead atoms. The number of unbranched alkanes of at least 4 members (excludes halogenated alkanes) is 2. The molecule has 1 rings (SSSR count). The summed E-state index contributed by atoms with van der Waals surface area (Å²) in [5.74, 6) is 2.79. The summed E-state index contributed by atoms with van der Waals surface area (Å²) >= 11 is 0. The SMILES string of the molecule is CCCCCNc1cc(N(CC)CC)nc(C)n1. The Morgan fingerprint density at radius 2 is 1.83 bits per heavy atom. The second-order valence-electron chi connectivity index (χ2n) is 4.46. The summed E-state index contributed by atoms with van der Waals surface area (Å²) < 4.78 is 0. The lowest BCUT2D eigenvalue weighted by molar-refractivity contribution is 0.741. The number of hydrogen-bond donors (Lipinski definition) is 1. The Balaban J connectivity index is 2.68. The summed E-state index contributed by atoms with van der Waals surface area (Å²) in [5, 5.41) is 3.39. The molecule has 18 heavy (non-hydrogen) atoms. The van der Waals surface area contributed by atoms with Gasteiger partial charge in [-0.05, 0) is 27.2 Å². The summed E-state index contributed by atoms with van der Waals surface area (Å²) in [6.45, 7) is 11.4. The molecule has 1 aromatic heterocycles. The number of aryl methyl sites for hydroxylation is 1. The van der Waals surface area contributed by atoms with Crippen molar-refractivity contribution in [2.45, 2.75) is 47.0 Å². The fourth-order valence-corrected chi connectivity index (χ4v) is 1.94. The maximum absolute atomic E-state index is 4.50. The van der Waals surface area contributed by atoms with Gasteiger partial charge in [-0.25, -0.2) is 9.97 Å². The Kier molecular flexibility index (Phi) is 6.47. The maximum Gasteiger partial charge on any atom is 0.134 e. The molecule has 1 heterocycles. The third kappa shape index (κ3) is 4.51. The van der Waals surface area contributed by atoms with Crippen LogP contribution in [0.25, 0.3) is 0 Å². The van der Waals surface area contributed by atoms with Crippen LogP contribution in [-0.4, -0.2) is 29.6 Å². The highest BCUT2D eigenvalue weighted by Gasteiger charge is 2.06. The second kappa shape index (κ2) is 7.90. The summed E-state index contributed by atoms with van der Waals surface area (Å²) in [6.07, 6.45) is 3.70. The highest BCUT2D eigenvalue weighted by Crippen LogP contribution is 2.15. The third-order valence-corrected chi connectivity index (χ3v) is 3.00. The van der Waals surface area contributed by atoms with Gasteiger partial charge in [-0.1, -0.05) is 19.8 Å². The van der Waals surface area contributed by atoms with Gasteiger partial charge >= 0.3 is 0 Å². The van der Waals surface area contributed by atoms with E-state index in [1.165, 1.54) is 19.3 Å². The smallest absolute Gasteiger partial charge is 0.134 e. The van der Waals surface area contributed by atoms with E-state index in [1.807, 2.05) is 13.0 Å². The summed E-state index contributed by atoms with van der Waals surface area (Å²) in [4.78, 5) is 11.2. The van der Waals surface area contributed by atoms with Crippen molar-refractivity contribution >= 4 is 11.6 Å². The molecule has 0 saturated heterocycles. The van der Waals surface area contributed by atoms with E-state index in [9.17, 15) is 0 Å². The topological polar surface area (TPSA) is 41.0 Å². The van der Waals surface area contributed by atoms with E-state index in [-0.39, 0.29) is 0 Å². The van der Waals surface area contributed by atoms with Crippen molar-refractivity contribution in [3.05, 3.63) is 11.9 Å². The first-order valence-electron chi connectivity index (χ1n) is 7.05. The maximum atomic E-state index is 4.50. The molecule has 1 aromatic rings. The standard InChI is InChI=1S/C14H26N4/c1-5-8-9-10-15-13-11-14(17-12(4)16-13)18(6-2)7-3/h11H,5-10H2,1-4H3,(H,15,16,17). The first-order chi connectivity index (χ1) is 8.71. The molecular weight excluding hydrogens is 224 g/mol. The lowest BCUT2D eigenvalue weighted by Gasteiger charge is -2.20. The van der Waals surface area contributed by atoms with Gasteiger partial charge in [0.15, 0.2) is 0 Å². The van der Waals surface area contributed by atoms with Crippen molar-refractivity contribution in [1.82, 2.24) is 9.97 Å². The molecule has 0 spiro atoms. The molecule has 0 aliphatic heterocycles. The van der Waals surface area contributed by atoms with Crippen molar-refractivity contribution in [3.8, 4) is 0 Å². The van der Waals surface area contributed by atoms with Crippen LogP contribution in [0.5, 0.6) is 0 Å². The minimum atomic E-state index is 0.831. The first kappa shape index (κ1) is 14.7. The summed E-state index contributed by atoms with van der Waals surface area (Å²) in [5.41, 5.74) is 0. The van der Waals surface area contributed by atoms with Gasteiger partial charge in [0.05, 0.1) is 0 Å². The van der Waals surface area contributed by atoms with Crippen LogP contribution in [0.15, 0.2) is 6.07 Å². The van der Waals surface area contributed by atoms with Crippen molar-refractivity contribution in [1.29, 1.82) is 0 Å². The predicted octanol–water partition coefficient (Wildman–Crippen LogP) is 3.23. The van der Waals surface area contributed by atoms with Crippen LogP contribution in [-0.2, 0) is 0 Å². The molecule has 0 aliphatic rings. The van der Waals surface area contributed by atoms with Gasteiger partial charge in [0.2, 0.25) is 0 Å². The van der Waals surface area contributed by atoms with Crippen LogP contribution in [0.4, 0.5) is 11.6 Å². The van der Waals surface area contributed by atoms with E-state index in [1.54, 1.807) is 0 Å². The van der Waals surface area contributed by atoms with Gasteiger partial charge in [0.1, 0.15) is 17.5 Å². The Morgan fingerprint density at radius 3 is 2.44 bits per heavy atom. The molecule has 0 atom stereocenters. The van der Waals surface area contributed by atoms with E-state index in [4.69, 9.17) is 0 Å². The first-order valence-corrected chi connectivity index (χ1v) is 7.05. The quantitative estimate of drug-likeness (QED) is 0.719. The third-order valence-electron chi connectivity index (χ3n) is 3.00. The van der Waals surface area contributed by atoms with Crippen molar-refractivity contribution < 1.29 is 0 Å². The number of hydrogen-bond acceptors (Lipinski definition) is 4. The molecular formula is C14H26N4. The van der Waals surface area contributed by atoms with Gasteiger partial charge in [-0.15, -0.1) is 0 Å². The highest BCUT2D eigenvalue weighted by molar-refractivity contribution is 5.49. The van der Waals surface area contributed by atoms with E-state index >= 15 is 0 Å². The van der Waals surface area contributed by atoms with Gasteiger partial charge in [0.25, 0.3) is 0 Å². The predicted molar refractivity (Wildman–Crippen MR) is 78.3 cm³/mol. The molecule has 0 amide bonds. The van der Waals surface area contributed by atoms with E-state index in [2.05, 4.69) is 41.0 Å². The average Bonchev–Trinajstić information content (AvgIpc) is 2.36. The van der Waals surface area contributed by atoms with Gasteiger partial charge in [0, 0.05) is 25.7 Å². The van der Waals surface area contributed by atoms with Crippen molar-refractivity contribution in [3.63, 3.8) is 0 Å². The van der Waals surface area contributed by atoms with Crippen LogP contribution in [0.2, 0.25) is 0 Å². The van der Waals surface area contributed by atoms with Crippen LogP contribution in [0, 0.1) is 6.92 Å². The number of nitrogens with zero attached hydrogens (tertiary/aromatic N) is 3.